The number of hydrogen-bond donors (Lipinski definition) is 3. The molecule has 240 valence electrons. The highest BCUT2D eigenvalue weighted by molar-refractivity contribution is 5.84. The van der Waals surface area contributed by atoms with Crippen molar-refractivity contribution in [3.05, 3.63) is 65.1 Å². The molecule has 1 aliphatic carbocycles. The molecule has 3 N–H and O–H groups in total. The zero-order chi connectivity index (χ0) is 33.1. The number of aromatic nitrogens is 2. The van der Waals surface area contributed by atoms with E-state index in [1.807, 2.05) is 39.0 Å². The van der Waals surface area contributed by atoms with Gasteiger partial charge in [-0.3, -0.25) is 9.88 Å². The summed E-state index contributed by atoms with van der Waals surface area (Å²) in [6, 6.07) is 7.79. The maximum absolute atomic E-state index is 11.8. The lowest BCUT2D eigenvalue weighted by Gasteiger charge is -2.39. The number of carboxylic acid groups (broad SMARTS) is 1. The molecule has 1 aromatic carbocycles. The second-order valence-corrected chi connectivity index (χ2v) is 12.0. The third kappa shape index (κ3) is 15.1. The number of aliphatic hydroxyl groups excluding tert-OH is 1. The van der Waals surface area contributed by atoms with Crippen molar-refractivity contribution in [2.24, 2.45) is 11.3 Å². The molecule has 1 aliphatic rings. The summed E-state index contributed by atoms with van der Waals surface area (Å²) in [5.74, 6) is 0.670. The molecule has 2 atom stereocenters. The first-order valence-corrected chi connectivity index (χ1v) is 15.4. The van der Waals surface area contributed by atoms with E-state index in [9.17, 15) is 15.0 Å². The van der Waals surface area contributed by atoms with Gasteiger partial charge in [-0.25, -0.2) is 9.78 Å². The number of aryl methyl sites for hydroxylation is 2. The van der Waals surface area contributed by atoms with Crippen molar-refractivity contribution < 1.29 is 20.1 Å². The molecule has 1 aromatic heterocycles. The fourth-order valence-electron chi connectivity index (χ4n) is 5.06. The van der Waals surface area contributed by atoms with E-state index >= 15 is 0 Å². The second kappa shape index (κ2) is 20.6. The number of benzene rings is 1. The molecule has 8 heteroatoms. The Hall–Kier alpha value is -3.28. The fourth-order valence-corrected chi connectivity index (χ4v) is 5.06. The number of amides is 1. The lowest BCUT2D eigenvalue weighted by Crippen LogP contribution is -2.38. The first kappa shape index (κ1) is 39.7. The zero-order valence-electron chi connectivity index (χ0n) is 28.0. The van der Waals surface area contributed by atoms with Gasteiger partial charge >= 0.3 is 6.09 Å². The monoisotopic (exact) mass is 596 g/mol. The van der Waals surface area contributed by atoms with Gasteiger partial charge < -0.3 is 15.3 Å². The van der Waals surface area contributed by atoms with E-state index in [0.717, 1.165) is 38.4 Å². The normalized spacial score (nSPS) is 17.7. The van der Waals surface area contributed by atoms with Crippen LogP contribution in [0.1, 0.15) is 115 Å². The molecule has 1 unspecified atom stereocenters. The van der Waals surface area contributed by atoms with Crippen LogP contribution in [-0.4, -0.2) is 45.0 Å². The highest BCUT2D eigenvalue weighted by atomic mass is 16.4. The van der Waals surface area contributed by atoms with Crippen LogP contribution < -0.4 is 4.90 Å². The Balaban J connectivity index is 0.000000849. The molecule has 0 spiro atoms. The third-order valence-corrected chi connectivity index (χ3v) is 7.63. The van der Waals surface area contributed by atoms with Gasteiger partial charge in [0.05, 0.1) is 29.7 Å². The van der Waals surface area contributed by atoms with Crippen LogP contribution in [0.3, 0.4) is 0 Å². The Bertz CT molecular complexity index is 1140. The molecular weight excluding hydrogens is 540 g/mol. The molecule has 0 bridgehead atoms. The van der Waals surface area contributed by atoms with Gasteiger partial charge in [0, 0.05) is 13.7 Å². The quantitative estimate of drug-likeness (QED) is 0.261. The molecule has 1 heterocycles. The van der Waals surface area contributed by atoms with Crippen LogP contribution in [-0.2, 0) is 5.60 Å². The smallest absolute Gasteiger partial charge is 0.413 e. The number of allylic oxidation sites excluding steroid dienone is 2. The summed E-state index contributed by atoms with van der Waals surface area (Å²) in [6.07, 6.45) is 15.4. The van der Waals surface area contributed by atoms with Crippen LogP contribution in [0.5, 0.6) is 0 Å². The van der Waals surface area contributed by atoms with Crippen molar-refractivity contribution in [3.63, 3.8) is 0 Å². The van der Waals surface area contributed by atoms with E-state index in [1.165, 1.54) is 54.1 Å². The number of anilines is 1. The van der Waals surface area contributed by atoms with Crippen LogP contribution >= 0.6 is 0 Å². The SMILES string of the molecule is C/C=C\CC.CCCC[C@@]1(C)CCCC(CN(C(=O)O)c2cnc(C(C)(C)O)cn2)C1.CO.Cc1ccc(C#N)cc1C. The van der Waals surface area contributed by atoms with Crippen molar-refractivity contribution in [2.75, 3.05) is 18.6 Å². The Labute approximate surface area is 260 Å². The number of carbonyl (C=O) groups is 1. The predicted molar refractivity (Wildman–Crippen MR) is 176 cm³/mol. The summed E-state index contributed by atoms with van der Waals surface area (Å²) in [4.78, 5) is 21.5. The molecular formula is C35H56N4O4. The summed E-state index contributed by atoms with van der Waals surface area (Å²) in [5.41, 5.74) is 2.81. The Morgan fingerprint density at radius 3 is 2.30 bits per heavy atom. The highest BCUT2D eigenvalue weighted by Crippen LogP contribution is 2.43. The maximum Gasteiger partial charge on any atom is 0.413 e. The minimum atomic E-state index is -1.09. The number of nitrogens with zero attached hydrogens (tertiary/aromatic N) is 4. The van der Waals surface area contributed by atoms with Gasteiger partial charge in [0.2, 0.25) is 0 Å². The lowest BCUT2D eigenvalue weighted by atomic mass is 9.68. The summed E-state index contributed by atoms with van der Waals surface area (Å²) in [7, 11) is 1.00. The standard InChI is InChI=1S/C20H33N3O3.C9H9N.C5H10.CH4O/c1-5-6-9-20(4)10-7-8-15(11-20)14-23(18(24)25)17-13-21-16(12-22-17)19(2,3)26;1-7-3-4-9(6-10)5-8(7)2;1-3-5-4-2;1-2/h12-13,15,26H,5-11,14H2,1-4H3,(H,24,25);3-5H,1-2H3;3,5H,4H2,1-2H3;2H,1H3/b;;5-3-;/t15?,20-;;;/m0.../s1. The van der Waals surface area contributed by atoms with Crippen LogP contribution in [0.4, 0.5) is 10.6 Å². The number of unbranched alkanes of at least 4 members (excludes halogenated alkanes) is 1. The van der Waals surface area contributed by atoms with Crippen molar-refractivity contribution in [1.82, 2.24) is 9.97 Å². The van der Waals surface area contributed by atoms with Gasteiger partial charge in [0.25, 0.3) is 0 Å². The van der Waals surface area contributed by atoms with Crippen LogP contribution in [0, 0.1) is 36.5 Å². The molecule has 8 nitrogen and oxygen atoms in total. The zero-order valence-corrected chi connectivity index (χ0v) is 28.0. The number of rotatable bonds is 8. The number of aliphatic hydroxyl groups is 2. The lowest BCUT2D eigenvalue weighted by molar-refractivity contribution is 0.0734. The van der Waals surface area contributed by atoms with E-state index in [-0.39, 0.29) is 0 Å². The maximum atomic E-state index is 11.8. The van der Waals surface area contributed by atoms with E-state index in [4.69, 9.17) is 10.4 Å². The molecule has 3 rings (SSSR count). The fraction of sp³-hybridized carbons (Fsp3) is 0.600. The van der Waals surface area contributed by atoms with Crippen molar-refractivity contribution >= 4 is 11.9 Å². The first-order chi connectivity index (χ1) is 20.3. The molecule has 1 fully saturated rings. The van der Waals surface area contributed by atoms with E-state index in [0.29, 0.717) is 29.4 Å². The second-order valence-electron chi connectivity index (χ2n) is 12.0. The average Bonchev–Trinajstić information content (AvgIpc) is 2.98. The molecule has 1 amide bonds. The van der Waals surface area contributed by atoms with Gasteiger partial charge in [-0.15, -0.1) is 0 Å². The summed E-state index contributed by atoms with van der Waals surface area (Å²) in [6.45, 7) is 16.5. The van der Waals surface area contributed by atoms with Crippen molar-refractivity contribution in [1.29, 1.82) is 5.26 Å². The van der Waals surface area contributed by atoms with Crippen molar-refractivity contribution in [3.8, 4) is 6.07 Å². The van der Waals surface area contributed by atoms with Crippen LogP contribution in [0.15, 0.2) is 42.7 Å². The Morgan fingerprint density at radius 1 is 1.19 bits per heavy atom. The summed E-state index contributed by atoms with van der Waals surface area (Å²) in [5, 5.41) is 35.2. The van der Waals surface area contributed by atoms with Gasteiger partial charge in [-0.05, 0) is 101 Å². The van der Waals surface area contributed by atoms with E-state index < -0.39 is 11.7 Å². The molecule has 0 radical (unpaired) electrons. The number of nitriles is 1. The average molecular weight is 597 g/mol. The van der Waals surface area contributed by atoms with Gasteiger partial charge in [0.15, 0.2) is 5.82 Å². The molecule has 2 aromatic rings. The minimum Gasteiger partial charge on any atom is -0.465 e. The first-order valence-electron chi connectivity index (χ1n) is 15.4. The minimum absolute atomic E-state index is 0.319. The highest BCUT2D eigenvalue weighted by Gasteiger charge is 2.33. The van der Waals surface area contributed by atoms with Crippen LogP contribution in [0.25, 0.3) is 0 Å². The molecule has 43 heavy (non-hydrogen) atoms. The Morgan fingerprint density at radius 2 is 1.86 bits per heavy atom. The predicted octanol–water partition coefficient (Wildman–Crippen LogP) is 8.33. The van der Waals surface area contributed by atoms with Crippen molar-refractivity contribution in [2.45, 2.75) is 112 Å². The van der Waals surface area contributed by atoms with Crippen LogP contribution in [0.2, 0.25) is 0 Å². The van der Waals surface area contributed by atoms with Gasteiger partial charge in [0.1, 0.15) is 5.60 Å². The van der Waals surface area contributed by atoms with Gasteiger partial charge in [-0.2, -0.15) is 5.26 Å². The molecule has 0 saturated heterocycles. The summed E-state index contributed by atoms with van der Waals surface area (Å²) < 4.78 is 0. The molecule has 0 aliphatic heterocycles. The number of hydrogen-bond acceptors (Lipinski definition) is 6. The largest absolute Gasteiger partial charge is 0.465 e. The Kier molecular flexibility index (Phi) is 19.0. The molecule has 1 saturated carbocycles. The topological polar surface area (TPSA) is 131 Å². The summed E-state index contributed by atoms with van der Waals surface area (Å²) >= 11 is 0. The third-order valence-electron chi connectivity index (χ3n) is 7.63. The van der Waals surface area contributed by atoms with Gasteiger partial charge in [-0.1, -0.05) is 58.3 Å². The van der Waals surface area contributed by atoms with E-state index in [1.54, 1.807) is 13.8 Å². The van der Waals surface area contributed by atoms with E-state index in [2.05, 4.69) is 49.0 Å².